The zero-order chi connectivity index (χ0) is 8.97. The summed E-state index contributed by atoms with van der Waals surface area (Å²) in [5.74, 6) is -0.845. The van der Waals surface area contributed by atoms with E-state index in [0.29, 0.717) is 0 Å². The second-order valence-corrected chi connectivity index (χ2v) is 3.35. The van der Waals surface area contributed by atoms with Crippen LogP contribution in [0.3, 0.4) is 0 Å². The molecule has 68 valence electrons. The predicted molar refractivity (Wildman–Crippen MR) is 48.0 cm³/mol. The zero-order valence-corrected chi connectivity index (χ0v) is 7.55. The van der Waals surface area contributed by atoms with Gasteiger partial charge < -0.3 is 5.11 Å². The Morgan fingerprint density at radius 2 is 2.50 bits per heavy atom. The Morgan fingerprint density at radius 3 is 2.92 bits per heavy atom. The number of allylic oxidation sites excluding steroid dienone is 1. The van der Waals surface area contributed by atoms with Gasteiger partial charge >= 0.3 is 5.97 Å². The summed E-state index contributed by atoms with van der Waals surface area (Å²) in [6.45, 7) is 2.03. The second-order valence-electron chi connectivity index (χ2n) is 3.35. The summed E-state index contributed by atoms with van der Waals surface area (Å²) in [5.41, 5.74) is 1.16. The Balaban J connectivity index is 2.58. The first-order valence-electron chi connectivity index (χ1n) is 4.67. The van der Waals surface area contributed by atoms with Crippen LogP contribution in [0.4, 0.5) is 0 Å². The van der Waals surface area contributed by atoms with E-state index >= 15 is 0 Å². The molecule has 1 N–H and O–H groups in total. The van der Waals surface area contributed by atoms with Crippen molar-refractivity contribution in [3.05, 3.63) is 11.6 Å². The van der Waals surface area contributed by atoms with Gasteiger partial charge in [-0.2, -0.15) is 0 Å². The normalized spacial score (nSPS) is 18.9. The first-order chi connectivity index (χ1) is 5.75. The molecule has 1 unspecified atom stereocenters. The second kappa shape index (κ2) is 4.29. The van der Waals surface area contributed by atoms with E-state index in [-0.39, 0.29) is 5.92 Å². The van der Waals surface area contributed by atoms with Gasteiger partial charge in [0.2, 0.25) is 0 Å². The van der Waals surface area contributed by atoms with E-state index in [2.05, 4.69) is 6.08 Å². The molecule has 0 bridgehead atoms. The minimum atomic E-state index is -0.648. The third-order valence-corrected chi connectivity index (χ3v) is 2.40. The van der Waals surface area contributed by atoms with Crippen LogP contribution in [0.1, 0.15) is 39.0 Å². The highest BCUT2D eigenvalue weighted by Gasteiger charge is 2.22. The number of carboxylic acids is 1. The lowest BCUT2D eigenvalue weighted by Crippen LogP contribution is -2.15. The Hall–Kier alpha value is -0.790. The van der Waals surface area contributed by atoms with Crippen molar-refractivity contribution >= 4 is 5.97 Å². The summed E-state index contributed by atoms with van der Waals surface area (Å²) in [6.07, 6.45) is 7.06. The molecule has 1 atom stereocenters. The highest BCUT2D eigenvalue weighted by Crippen LogP contribution is 2.28. The molecule has 0 spiro atoms. The van der Waals surface area contributed by atoms with Gasteiger partial charge in [0.25, 0.3) is 0 Å². The Kier molecular flexibility index (Phi) is 3.32. The predicted octanol–water partition coefficient (Wildman–Crippen LogP) is 2.60. The standard InChI is InChI=1S/C10H16O2/c1-2-5-9(10(11)12)8-6-3-4-7-8/h6,9H,2-5,7H2,1H3,(H,11,12). The smallest absolute Gasteiger partial charge is 0.310 e. The summed E-state index contributed by atoms with van der Waals surface area (Å²) in [4.78, 5) is 10.8. The van der Waals surface area contributed by atoms with Crippen LogP contribution in [0.25, 0.3) is 0 Å². The number of hydrogen-bond acceptors (Lipinski definition) is 1. The molecular weight excluding hydrogens is 152 g/mol. The van der Waals surface area contributed by atoms with E-state index in [1.807, 2.05) is 6.92 Å². The van der Waals surface area contributed by atoms with Crippen molar-refractivity contribution < 1.29 is 9.90 Å². The SMILES string of the molecule is CCCC(C(=O)O)C1=CCCC1. The van der Waals surface area contributed by atoms with Gasteiger partial charge in [0.1, 0.15) is 0 Å². The summed E-state index contributed by atoms with van der Waals surface area (Å²) < 4.78 is 0. The van der Waals surface area contributed by atoms with Gasteiger partial charge in [-0.1, -0.05) is 25.0 Å². The molecule has 1 rings (SSSR count). The lowest BCUT2D eigenvalue weighted by molar-refractivity contribution is -0.140. The molecule has 0 aromatic rings. The molecule has 0 fully saturated rings. The molecule has 0 radical (unpaired) electrons. The number of carboxylic acid groups (broad SMARTS) is 1. The highest BCUT2D eigenvalue weighted by atomic mass is 16.4. The molecule has 2 nitrogen and oxygen atoms in total. The molecule has 0 saturated heterocycles. The van der Waals surface area contributed by atoms with Crippen LogP contribution in [0.2, 0.25) is 0 Å². The number of carbonyl (C=O) groups is 1. The fraction of sp³-hybridized carbons (Fsp3) is 0.700. The lowest BCUT2D eigenvalue weighted by Gasteiger charge is -2.11. The molecule has 0 heterocycles. The molecule has 0 aromatic carbocycles. The van der Waals surface area contributed by atoms with Gasteiger partial charge in [-0.05, 0) is 25.7 Å². The van der Waals surface area contributed by atoms with Crippen molar-refractivity contribution in [1.29, 1.82) is 0 Å². The molecule has 2 heteroatoms. The maximum atomic E-state index is 10.8. The largest absolute Gasteiger partial charge is 0.481 e. The minimum absolute atomic E-state index is 0.197. The molecule has 12 heavy (non-hydrogen) atoms. The van der Waals surface area contributed by atoms with Gasteiger partial charge in [0, 0.05) is 0 Å². The van der Waals surface area contributed by atoms with E-state index in [4.69, 9.17) is 5.11 Å². The van der Waals surface area contributed by atoms with E-state index in [1.165, 1.54) is 0 Å². The molecule has 1 aliphatic carbocycles. The highest BCUT2D eigenvalue weighted by molar-refractivity contribution is 5.73. The van der Waals surface area contributed by atoms with E-state index in [0.717, 1.165) is 37.7 Å². The Bertz CT molecular complexity index is 194. The van der Waals surface area contributed by atoms with Crippen molar-refractivity contribution in [2.45, 2.75) is 39.0 Å². The fourth-order valence-electron chi connectivity index (χ4n) is 1.77. The number of rotatable bonds is 4. The fourth-order valence-corrected chi connectivity index (χ4v) is 1.77. The first kappa shape index (κ1) is 9.30. The molecule has 0 aromatic heterocycles. The van der Waals surface area contributed by atoms with Crippen LogP contribution >= 0.6 is 0 Å². The van der Waals surface area contributed by atoms with Crippen molar-refractivity contribution in [1.82, 2.24) is 0 Å². The molecule has 1 aliphatic rings. The summed E-state index contributed by atoms with van der Waals surface area (Å²) in [7, 11) is 0. The number of hydrogen-bond donors (Lipinski definition) is 1. The maximum absolute atomic E-state index is 10.8. The van der Waals surface area contributed by atoms with Gasteiger partial charge in [0.05, 0.1) is 5.92 Å². The van der Waals surface area contributed by atoms with Crippen molar-refractivity contribution in [3.8, 4) is 0 Å². The molecular formula is C10H16O2. The average molecular weight is 168 g/mol. The van der Waals surface area contributed by atoms with Crippen LogP contribution in [-0.4, -0.2) is 11.1 Å². The molecule has 0 amide bonds. The number of aliphatic carboxylic acids is 1. The van der Waals surface area contributed by atoms with Crippen molar-refractivity contribution in [3.63, 3.8) is 0 Å². The van der Waals surface area contributed by atoms with Gasteiger partial charge in [0.15, 0.2) is 0 Å². The average Bonchev–Trinajstić information content (AvgIpc) is 2.51. The monoisotopic (exact) mass is 168 g/mol. The van der Waals surface area contributed by atoms with Crippen LogP contribution in [0, 0.1) is 5.92 Å². The van der Waals surface area contributed by atoms with Crippen LogP contribution in [-0.2, 0) is 4.79 Å². The van der Waals surface area contributed by atoms with Gasteiger partial charge in [-0.25, -0.2) is 0 Å². The lowest BCUT2D eigenvalue weighted by atomic mass is 9.94. The third kappa shape index (κ3) is 2.10. The van der Waals surface area contributed by atoms with Crippen LogP contribution in [0.5, 0.6) is 0 Å². The first-order valence-corrected chi connectivity index (χ1v) is 4.67. The topological polar surface area (TPSA) is 37.3 Å². The van der Waals surface area contributed by atoms with E-state index < -0.39 is 5.97 Å². The minimum Gasteiger partial charge on any atom is -0.481 e. The van der Waals surface area contributed by atoms with Crippen LogP contribution < -0.4 is 0 Å². The molecule has 0 aliphatic heterocycles. The van der Waals surface area contributed by atoms with E-state index in [1.54, 1.807) is 0 Å². The zero-order valence-electron chi connectivity index (χ0n) is 7.55. The van der Waals surface area contributed by atoms with Gasteiger partial charge in [-0.3, -0.25) is 4.79 Å². The summed E-state index contributed by atoms with van der Waals surface area (Å²) in [6, 6.07) is 0. The summed E-state index contributed by atoms with van der Waals surface area (Å²) >= 11 is 0. The molecule has 0 saturated carbocycles. The van der Waals surface area contributed by atoms with Gasteiger partial charge in [-0.15, -0.1) is 0 Å². The summed E-state index contributed by atoms with van der Waals surface area (Å²) in [5, 5.41) is 8.92. The van der Waals surface area contributed by atoms with E-state index in [9.17, 15) is 4.79 Å². The quantitative estimate of drug-likeness (QED) is 0.655. The maximum Gasteiger partial charge on any atom is 0.310 e. The Morgan fingerprint density at radius 1 is 1.75 bits per heavy atom. The van der Waals surface area contributed by atoms with Crippen molar-refractivity contribution in [2.75, 3.05) is 0 Å². The van der Waals surface area contributed by atoms with Crippen molar-refractivity contribution in [2.24, 2.45) is 5.92 Å². The Labute approximate surface area is 73.3 Å². The third-order valence-electron chi connectivity index (χ3n) is 2.40. The van der Waals surface area contributed by atoms with Crippen LogP contribution in [0.15, 0.2) is 11.6 Å².